The Hall–Kier alpha value is -4.61. The van der Waals surface area contributed by atoms with Gasteiger partial charge in [-0.1, -0.05) is 29.5 Å². The van der Waals surface area contributed by atoms with Gasteiger partial charge in [0.2, 0.25) is 0 Å². The van der Waals surface area contributed by atoms with Gasteiger partial charge in [-0.2, -0.15) is 18.4 Å². The van der Waals surface area contributed by atoms with Crippen LogP contribution in [0, 0.1) is 11.3 Å². The van der Waals surface area contributed by atoms with E-state index in [-0.39, 0.29) is 17.7 Å². The van der Waals surface area contributed by atoms with Crippen molar-refractivity contribution in [2.24, 2.45) is 0 Å². The summed E-state index contributed by atoms with van der Waals surface area (Å²) >= 11 is 1.28. The highest BCUT2D eigenvalue weighted by Crippen LogP contribution is 2.32. The van der Waals surface area contributed by atoms with Crippen molar-refractivity contribution in [3.63, 3.8) is 0 Å². The molecule has 0 saturated carbocycles. The number of ether oxygens (including phenoxy) is 1. The lowest BCUT2D eigenvalue weighted by molar-refractivity contribution is -0.189. The Labute approximate surface area is 229 Å². The number of nitriles is 1. The van der Waals surface area contributed by atoms with Gasteiger partial charge in [-0.15, -0.1) is 16.4 Å². The number of carbonyl (C=O) groups excluding carboxylic acids is 2. The number of hydrogen-bond donors (Lipinski definition) is 1. The molecule has 14 heteroatoms. The number of fused-ring (bicyclic) bond motifs is 1. The molecule has 1 aliphatic heterocycles. The third kappa shape index (κ3) is 5.85. The van der Waals surface area contributed by atoms with Crippen LogP contribution in [0.4, 0.5) is 18.3 Å². The zero-order chi connectivity index (χ0) is 28.4. The zero-order valence-electron chi connectivity index (χ0n) is 20.9. The number of nitrogens with zero attached hydrogens (tertiary/aromatic N) is 6. The lowest BCUT2D eigenvalue weighted by atomic mass is 10.1. The highest BCUT2D eigenvalue weighted by molar-refractivity contribution is 7.15. The average Bonchev–Trinajstić information content (AvgIpc) is 3.55. The highest BCUT2D eigenvalue weighted by Gasteiger charge is 2.42. The number of thiazole rings is 1. The standard InChI is InChI=1S/C26H20F3N7O3S/c1-35-10-9-19-21(14-35)40-25(31-19)32-23(37)18-4-2-3-17(22(18)39-24(38)26(27,28)29)12-36-13-20(33-34-36)16-7-5-15(11-30)6-8-16/h2-8,13H,9-10,12,14H2,1H3,(H,31,32,37). The molecule has 1 N–H and O–H groups in total. The minimum absolute atomic E-state index is 0.0987. The second-order valence-corrected chi connectivity index (χ2v) is 10.1. The van der Waals surface area contributed by atoms with Gasteiger partial charge in [0, 0.05) is 35.5 Å². The Morgan fingerprint density at radius 3 is 2.70 bits per heavy atom. The number of anilines is 1. The largest absolute Gasteiger partial charge is 0.491 e. The number of nitrogens with one attached hydrogen (secondary N) is 1. The molecule has 1 aliphatic rings. The number of aromatic nitrogens is 4. The number of hydrogen-bond acceptors (Lipinski definition) is 9. The predicted molar refractivity (Wildman–Crippen MR) is 138 cm³/mol. The minimum atomic E-state index is -5.28. The fourth-order valence-electron chi connectivity index (χ4n) is 4.10. The summed E-state index contributed by atoms with van der Waals surface area (Å²) in [5, 5.41) is 20.0. The molecule has 3 heterocycles. The molecule has 0 bridgehead atoms. The molecule has 5 rings (SSSR count). The molecule has 0 atom stereocenters. The van der Waals surface area contributed by atoms with E-state index in [1.165, 1.54) is 34.2 Å². The van der Waals surface area contributed by atoms with E-state index < -0.39 is 23.8 Å². The van der Waals surface area contributed by atoms with Crippen molar-refractivity contribution in [2.75, 3.05) is 18.9 Å². The summed E-state index contributed by atoms with van der Waals surface area (Å²) < 4.78 is 45.5. The maximum atomic E-state index is 13.2. The van der Waals surface area contributed by atoms with Gasteiger partial charge < -0.3 is 9.64 Å². The molecule has 0 unspecified atom stereocenters. The van der Waals surface area contributed by atoms with E-state index >= 15 is 0 Å². The summed E-state index contributed by atoms with van der Waals surface area (Å²) in [4.78, 5) is 32.6. The normalized spacial score (nSPS) is 13.4. The third-order valence-electron chi connectivity index (χ3n) is 6.09. The average molecular weight is 568 g/mol. The van der Waals surface area contributed by atoms with Gasteiger partial charge in [-0.3, -0.25) is 10.1 Å². The number of para-hydroxylation sites is 1. The van der Waals surface area contributed by atoms with Crippen LogP contribution in [-0.2, 0) is 24.3 Å². The quantitative estimate of drug-likeness (QED) is 0.274. The molecule has 2 aromatic heterocycles. The van der Waals surface area contributed by atoms with E-state index in [0.29, 0.717) is 34.9 Å². The summed E-state index contributed by atoms with van der Waals surface area (Å²) in [6.07, 6.45) is -3.03. The van der Waals surface area contributed by atoms with E-state index in [9.17, 15) is 22.8 Å². The molecule has 0 spiro atoms. The van der Waals surface area contributed by atoms with Crippen LogP contribution >= 0.6 is 11.3 Å². The van der Waals surface area contributed by atoms with E-state index in [2.05, 4.69) is 25.5 Å². The van der Waals surface area contributed by atoms with Crippen LogP contribution in [0.3, 0.4) is 0 Å². The zero-order valence-corrected chi connectivity index (χ0v) is 21.7. The highest BCUT2D eigenvalue weighted by atomic mass is 32.1. The first-order chi connectivity index (χ1) is 19.1. The molecule has 204 valence electrons. The van der Waals surface area contributed by atoms with Crippen molar-refractivity contribution in [2.45, 2.75) is 25.7 Å². The number of amides is 1. The van der Waals surface area contributed by atoms with E-state index in [4.69, 9.17) is 10.00 Å². The molecule has 4 aromatic rings. The van der Waals surface area contributed by atoms with Crippen LogP contribution in [0.15, 0.2) is 48.7 Å². The lowest BCUT2D eigenvalue weighted by Crippen LogP contribution is -2.29. The number of benzene rings is 2. The first-order valence-electron chi connectivity index (χ1n) is 11.9. The Balaban J connectivity index is 1.43. The Morgan fingerprint density at radius 1 is 1.20 bits per heavy atom. The molecule has 1 amide bonds. The van der Waals surface area contributed by atoms with Crippen LogP contribution < -0.4 is 10.1 Å². The summed E-state index contributed by atoms with van der Waals surface area (Å²) in [6.45, 7) is 1.34. The Bertz CT molecular complexity index is 1620. The van der Waals surface area contributed by atoms with Crippen molar-refractivity contribution in [3.8, 4) is 23.1 Å². The molecule has 0 fully saturated rings. The molecule has 40 heavy (non-hydrogen) atoms. The third-order valence-corrected chi connectivity index (χ3v) is 7.09. The maximum Gasteiger partial charge on any atom is 0.491 e. The molecule has 10 nitrogen and oxygen atoms in total. The minimum Gasteiger partial charge on any atom is -0.419 e. The van der Waals surface area contributed by atoms with Crippen LogP contribution in [0.25, 0.3) is 11.3 Å². The summed E-state index contributed by atoms with van der Waals surface area (Å²) in [7, 11) is 1.97. The SMILES string of the molecule is CN1CCc2nc(NC(=O)c3cccc(Cn4cc(-c5ccc(C#N)cc5)nn4)c3OC(=O)C(F)(F)F)sc2C1. The second-order valence-electron chi connectivity index (χ2n) is 9.00. The van der Waals surface area contributed by atoms with Crippen molar-refractivity contribution in [1.82, 2.24) is 24.9 Å². The number of halogens is 3. The summed E-state index contributed by atoms with van der Waals surface area (Å²) in [5.74, 6) is -3.78. The smallest absolute Gasteiger partial charge is 0.419 e. The van der Waals surface area contributed by atoms with Crippen molar-refractivity contribution >= 4 is 28.3 Å². The van der Waals surface area contributed by atoms with E-state index in [1.54, 1.807) is 30.5 Å². The van der Waals surface area contributed by atoms with Crippen molar-refractivity contribution < 1.29 is 27.5 Å². The number of esters is 1. The van der Waals surface area contributed by atoms with E-state index in [0.717, 1.165) is 17.1 Å². The van der Waals surface area contributed by atoms with Gasteiger partial charge in [0.25, 0.3) is 5.91 Å². The Morgan fingerprint density at radius 2 is 1.98 bits per heavy atom. The van der Waals surface area contributed by atoms with Crippen LogP contribution in [-0.4, -0.2) is 56.5 Å². The molecule has 0 saturated heterocycles. The summed E-state index contributed by atoms with van der Waals surface area (Å²) in [5.41, 5.74) is 2.27. The van der Waals surface area contributed by atoms with Gasteiger partial charge in [-0.05, 0) is 25.2 Å². The van der Waals surface area contributed by atoms with Gasteiger partial charge in [0.15, 0.2) is 5.13 Å². The molecular formula is C26H20F3N7O3S. The first kappa shape index (κ1) is 27.0. The van der Waals surface area contributed by atoms with Crippen LogP contribution in [0.5, 0.6) is 5.75 Å². The van der Waals surface area contributed by atoms with Crippen LogP contribution in [0.2, 0.25) is 0 Å². The lowest BCUT2D eigenvalue weighted by Gasteiger charge is -2.20. The van der Waals surface area contributed by atoms with Gasteiger partial charge in [0.05, 0.1) is 35.6 Å². The number of carbonyl (C=O) groups is 2. The number of rotatable bonds is 6. The second kappa shape index (κ2) is 10.9. The van der Waals surface area contributed by atoms with Gasteiger partial charge in [-0.25, -0.2) is 14.5 Å². The topological polar surface area (TPSA) is 126 Å². The number of alkyl halides is 3. The molecule has 0 aliphatic carbocycles. The maximum absolute atomic E-state index is 13.2. The van der Waals surface area contributed by atoms with Crippen molar-refractivity contribution in [1.29, 1.82) is 5.26 Å². The molecule has 2 aromatic carbocycles. The molecular weight excluding hydrogens is 547 g/mol. The van der Waals surface area contributed by atoms with Crippen LogP contribution in [0.1, 0.15) is 32.1 Å². The Kier molecular flexibility index (Phi) is 7.33. The monoisotopic (exact) mass is 567 g/mol. The predicted octanol–water partition coefficient (Wildman–Crippen LogP) is 4.03. The first-order valence-corrected chi connectivity index (χ1v) is 12.7. The van der Waals surface area contributed by atoms with E-state index in [1.807, 2.05) is 13.1 Å². The van der Waals surface area contributed by atoms with Crippen molar-refractivity contribution in [3.05, 3.63) is 75.9 Å². The van der Waals surface area contributed by atoms with Gasteiger partial charge >= 0.3 is 12.1 Å². The number of likely N-dealkylation sites (N-methyl/N-ethyl adjacent to an activating group) is 1. The molecule has 0 radical (unpaired) electrons. The fraction of sp³-hybridized carbons (Fsp3) is 0.231. The fourth-order valence-corrected chi connectivity index (χ4v) is 5.18. The van der Waals surface area contributed by atoms with Gasteiger partial charge in [0.1, 0.15) is 11.4 Å². The summed E-state index contributed by atoms with van der Waals surface area (Å²) in [6, 6.07) is 12.8.